The van der Waals surface area contributed by atoms with Crippen LogP contribution in [-0.2, 0) is 11.2 Å². The molecule has 4 N–H and O–H groups in total. The van der Waals surface area contributed by atoms with Crippen LogP contribution in [0.4, 0.5) is 0 Å². The van der Waals surface area contributed by atoms with Crippen molar-refractivity contribution in [1.82, 2.24) is 30.4 Å². The van der Waals surface area contributed by atoms with Crippen molar-refractivity contribution in [3.63, 3.8) is 0 Å². The van der Waals surface area contributed by atoms with Gasteiger partial charge in [0.1, 0.15) is 5.69 Å². The molecule has 0 saturated carbocycles. The minimum atomic E-state index is -0.309. The largest absolute Gasteiger partial charge is 0.294 e. The number of nitrogens with zero attached hydrogens (tertiary/aromatic N) is 4. The van der Waals surface area contributed by atoms with Gasteiger partial charge in [-0.25, -0.2) is 10.5 Å². The Kier molecular flexibility index (Phi) is 4.13. The molecule has 9 nitrogen and oxygen atoms in total. The molecule has 0 bridgehead atoms. The van der Waals surface area contributed by atoms with Gasteiger partial charge in [-0.05, 0) is 32.8 Å². The van der Waals surface area contributed by atoms with E-state index in [-0.39, 0.29) is 23.8 Å². The van der Waals surface area contributed by atoms with E-state index in [9.17, 15) is 9.59 Å². The molecule has 0 aliphatic heterocycles. The summed E-state index contributed by atoms with van der Waals surface area (Å²) in [5.41, 5.74) is 4.55. The van der Waals surface area contributed by atoms with Crippen molar-refractivity contribution in [3.05, 3.63) is 33.0 Å². The van der Waals surface area contributed by atoms with Gasteiger partial charge in [0, 0.05) is 12.1 Å². The number of rotatable bonds is 4. The van der Waals surface area contributed by atoms with Crippen LogP contribution in [0.3, 0.4) is 0 Å². The van der Waals surface area contributed by atoms with Gasteiger partial charge in [0.2, 0.25) is 5.91 Å². The first-order valence-electron chi connectivity index (χ1n) is 6.42. The molecule has 0 unspecified atom stereocenters. The Morgan fingerprint density at radius 1 is 1.29 bits per heavy atom. The van der Waals surface area contributed by atoms with Crippen molar-refractivity contribution in [3.8, 4) is 5.95 Å². The van der Waals surface area contributed by atoms with Crippen molar-refractivity contribution in [2.24, 2.45) is 5.84 Å². The molecule has 2 heterocycles. The van der Waals surface area contributed by atoms with Crippen LogP contribution in [0.5, 0.6) is 0 Å². The van der Waals surface area contributed by atoms with Crippen LogP contribution in [0.2, 0.25) is 0 Å². The van der Waals surface area contributed by atoms with Crippen LogP contribution in [0, 0.1) is 20.8 Å². The van der Waals surface area contributed by atoms with Gasteiger partial charge in [-0.15, -0.1) is 10.2 Å². The van der Waals surface area contributed by atoms with Gasteiger partial charge >= 0.3 is 0 Å². The third-order valence-corrected chi connectivity index (χ3v) is 3.25. The molecule has 9 heteroatoms. The fraction of sp³-hybridized carbons (Fsp3) is 0.417. The topological polar surface area (TPSA) is 132 Å². The monoisotopic (exact) mass is 291 g/mol. The zero-order chi connectivity index (χ0) is 15.6. The van der Waals surface area contributed by atoms with E-state index in [4.69, 9.17) is 5.84 Å². The average molecular weight is 291 g/mol. The second-order valence-electron chi connectivity index (χ2n) is 4.69. The fourth-order valence-electron chi connectivity index (χ4n) is 2.03. The van der Waals surface area contributed by atoms with Gasteiger partial charge in [0.15, 0.2) is 0 Å². The lowest BCUT2D eigenvalue weighted by Crippen LogP contribution is -2.30. The van der Waals surface area contributed by atoms with Gasteiger partial charge in [-0.3, -0.25) is 20.0 Å². The molecule has 2 rings (SSSR count). The van der Waals surface area contributed by atoms with E-state index >= 15 is 0 Å². The van der Waals surface area contributed by atoms with Crippen LogP contribution >= 0.6 is 0 Å². The first kappa shape index (κ1) is 14.9. The molecule has 112 valence electrons. The molecule has 0 spiro atoms. The van der Waals surface area contributed by atoms with Crippen molar-refractivity contribution in [2.75, 3.05) is 0 Å². The highest BCUT2D eigenvalue weighted by molar-refractivity contribution is 5.75. The summed E-state index contributed by atoms with van der Waals surface area (Å²) >= 11 is 0. The lowest BCUT2D eigenvalue weighted by atomic mass is 10.1. The first-order chi connectivity index (χ1) is 9.93. The maximum atomic E-state index is 11.6. The summed E-state index contributed by atoms with van der Waals surface area (Å²) in [7, 11) is 0. The summed E-state index contributed by atoms with van der Waals surface area (Å²) in [4.78, 5) is 25.5. The normalized spacial score (nSPS) is 10.7. The van der Waals surface area contributed by atoms with Crippen molar-refractivity contribution >= 4 is 5.91 Å². The van der Waals surface area contributed by atoms with Gasteiger partial charge in [-0.1, -0.05) is 0 Å². The lowest BCUT2D eigenvalue weighted by molar-refractivity contribution is -0.121. The quantitative estimate of drug-likeness (QED) is 0.384. The number of amides is 1. The average Bonchev–Trinajstić information content (AvgIpc) is 2.74. The molecule has 0 fully saturated rings. The number of nitrogens with one attached hydrogen (secondary N) is 2. The second-order valence-corrected chi connectivity index (χ2v) is 4.69. The van der Waals surface area contributed by atoms with Gasteiger partial charge in [0.25, 0.3) is 11.5 Å². The number of aryl methyl sites for hydroxylation is 2. The minimum absolute atomic E-state index is 0.245. The molecule has 0 aromatic carbocycles. The number of hydrogen-bond donors (Lipinski definition) is 3. The Balaban J connectivity index is 2.36. The molecule has 2 aromatic heterocycles. The number of nitrogens with two attached hydrogens (primary N) is 1. The highest BCUT2D eigenvalue weighted by Crippen LogP contribution is 2.16. The third-order valence-electron chi connectivity index (χ3n) is 3.25. The van der Waals surface area contributed by atoms with Crippen LogP contribution in [0.15, 0.2) is 4.79 Å². The summed E-state index contributed by atoms with van der Waals surface area (Å²) in [6, 6.07) is 0. The Labute approximate surface area is 120 Å². The summed E-state index contributed by atoms with van der Waals surface area (Å²) in [5, 5.41) is 12.1. The van der Waals surface area contributed by atoms with Gasteiger partial charge < -0.3 is 0 Å². The maximum absolute atomic E-state index is 11.6. The van der Waals surface area contributed by atoms with Crippen LogP contribution < -0.4 is 16.8 Å². The molecule has 0 saturated heterocycles. The van der Waals surface area contributed by atoms with Crippen molar-refractivity contribution < 1.29 is 4.79 Å². The number of carbonyl (C=O) groups excluding carboxylic acids is 1. The number of hydrazine groups is 1. The smallest absolute Gasteiger partial charge is 0.274 e. The highest BCUT2D eigenvalue weighted by Gasteiger charge is 2.15. The Morgan fingerprint density at radius 3 is 2.62 bits per heavy atom. The molecule has 0 aliphatic carbocycles. The molecule has 2 aromatic rings. The first-order valence-corrected chi connectivity index (χ1v) is 6.42. The van der Waals surface area contributed by atoms with E-state index in [1.807, 2.05) is 13.8 Å². The summed E-state index contributed by atoms with van der Waals surface area (Å²) in [5.74, 6) is 5.07. The number of carbonyl (C=O) groups is 1. The second kappa shape index (κ2) is 5.83. The molecule has 1 amide bonds. The number of H-pyrrole nitrogens is 1. The van der Waals surface area contributed by atoms with E-state index in [1.165, 1.54) is 4.68 Å². The number of aromatic nitrogens is 5. The fourth-order valence-corrected chi connectivity index (χ4v) is 2.03. The Morgan fingerprint density at radius 2 is 2.00 bits per heavy atom. The zero-order valence-electron chi connectivity index (χ0n) is 12.1. The standard InChI is InChI=1S/C12H17N7O2/c1-6-9(4-5-10(20)15-13)8(3)19(18-6)12-14-11(21)7(2)16-17-12/h4-5,13H2,1-3H3,(H,15,20)(H,14,17,21). The van der Waals surface area contributed by atoms with Crippen molar-refractivity contribution in [1.29, 1.82) is 0 Å². The van der Waals surface area contributed by atoms with Gasteiger partial charge in [-0.2, -0.15) is 5.10 Å². The minimum Gasteiger partial charge on any atom is -0.294 e. The maximum Gasteiger partial charge on any atom is 0.274 e. The predicted octanol–water partition coefficient (Wildman–Crippen LogP) is -0.802. The lowest BCUT2D eigenvalue weighted by Gasteiger charge is -2.04. The van der Waals surface area contributed by atoms with Crippen molar-refractivity contribution in [2.45, 2.75) is 33.6 Å². The summed E-state index contributed by atoms with van der Waals surface area (Å²) in [6.45, 7) is 5.25. The van der Waals surface area contributed by atoms with Crippen LogP contribution in [0.1, 0.15) is 29.1 Å². The number of aromatic amines is 1. The zero-order valence-corrected chi connectivity index (χ0v) is 12.1. The van der Waals surface area contributed by atoms with Crippen LogP contribution in [-0.4, -0.2) is 30.9 Å². The van der Waals surface area contributed by atoms with E-state index in [0.717, 1.165) is 17.0 Å². The van der Waals surface area contributed by atoms with E-state index < -0.39 is 0 Å². The Hall–Kier alpha value is -2.55. The molecular formula is C12H17N7O2. The molecule has 0 aliphatic rings. The van der Waals surface area contributed by atoms with E-state index in [1.54, 1.807) is 6.92 Å². The summed E-state index contributed by atoms with van der Waals surface area (Å²) in [6.07, 6.45) is 0.768. The highest BCUT2D eigenvalue weighted by atomic mass is 16.2. The molecule has 0 radical (unpaired) electrons. The Bertz CT molecular complexity index is 732. The third kappa shape index (κ3) is 2.97. The van der Waals surface area contributed by atoms with E-state index in [2.05, 4.69) is 25.7 Å². The van der Waals surface area contributed by atoms with Crippen LogP contribution in [0.25, 0.3) is 5.95 Å². The SMILES string of the molecule is Cc1nn(-c2nnc(C)c(=O)[nH]2)c(C)c1CCC(=O)NN. The summed E-state index contributed by atoms with van der Waals surface area (Å²) < 4.78 is 1.51. The molecule has 21 heavy (non-hydrogen) atoms. The van der Waals surface area contributed by atoms with E-state index in [0.29, 0.717) is 12.1 Å². The van der Waals surface area contributed by atoms with Gasteiger partial charge in [0.05, 0.1) is 5.69 Å². The predicted molar refractivity (Wildman–Crippen MR) is 74.6 cm³/mol. The molecule has 0 atom stereocenters. The number of hydrogen-bond acceptors (Lipinski definition) is 6. The molecular weight excluding hydrogens is 274 g/mol.